The summed E-state index contributed by atoms with van der Waals surface area (Å²) in [6.45, 7) is 6.61. The SMILES string of the molecule is CCC(=O)NCC(NC(=O)OC(C)(C)C)c1cccc(C(F)(F)F)c1. The molecular weight excluding hydrogens is 337 g/mol. The summed E-state index contributed by atoms with van der Waals surface area (Å²) in [6, 6.07) is 3.74. The molecule has 1 unspecified atom stereocenters. The molecule has 0 radical (unpaired) electrons. The highest BCUT2D eigenvalue weighted by atomic mass is 19.4. The van der Waals surface area contributed by atoms with Crippen LogP contribution in [0.25, 0.3) is 0 Å². The third-order valence-corrected chi connectivity index (χ3v) is 3.13. The molecule has 0 saturated carbocycles. The Morgan fingerprint density at radius 1 is 1.20 bits per heavy atom. The van der Waals surface area contributed by atoms with E-state index in [0.717, 1.165) is 12.1 Å². The molecule has 0 saturated heterocycles. The van der Waals surface area contributed by atoms with E-state index in [2.05, 4.69) is 10.6 Å². The predicted molar refractivity (Wildman–Crippen MR) is 86.9 cm³/mol. The van der Waals surface area contributed by atoms with E-state index in [-0.39, 0.29) is 24.4 Å². The van der Waals surface area contributed by atoms with Crippen molar-refractivity contribution in [1.29, 1.82) is 0 Å². The zero-order chi connectivity index (χ0) is 19.3. The number of hydrogen-bond donors (Lipinski definition) is 2. The largest absolute Gasteiger partial charge is 0.444 e. The Balaban J connectivity index is 3.01. The smallest absolute Gasteiger partial charge is 0.416 e. The zero-order valence-corrected chi connectivity index (χ0v) is 14.7. The van der Waals surface area contributed by atoms with Crippen molar-refractivity contribution < 1.29 is 27.5 Å². The minimum Gasteiger partial charge on any atom is -0.444 e. The van der Waals surface area contributed by atoms with Crippen molar-refractivity contribution in [1.82, 2.24) is 10.6 Å². The van der Waals surface area contributed by atoms with Crippen molar-refractivity contribution in [3.05, 3.63) is 35.4 Å². The summed E-state index contributed by atoms with van der Waals surface area (Å²) in [5, 5.41) is 5.07. The Bertz CT molecular complexity index is 610. The molecule has 1 atom stereocenters. The molecule has 0 aliphatic rings. The van der Waals surface area contributed by atoms with Gasteiger partial charge in [-0.1, -0.05) is 19.1 Å². The number of halogens is 3. The second kappa shape index (κ2) is 8.22. The first-order valence-corrected chi connectivity index (χ1v) is 7.85. The zero-order valence-electron chi connectivity index (χ0n) is 14.7. The molecule has 25 heavy (non-hydrogen) atoms. The lowest BCUT2D eigenvalue weighted by molar-refractivity contribution is -0.137. The first-order valence-electron chi connectivity index (χ1n) is 7.85. The molecule has 2 amide bonds. The molecule has 1 aromatic carbocycles. The number of alkyl carbamates (subject to hydrolysis) is 1. The van der Waals surface area contributed by atoms with Crippen LogP contribution >= 0.6 is 0 Å². The monoisotopic (exact) mass is 360 g/mol. The normalized spacial score (nSPS) is 13.1. The van der Waals surface area contributed by atoms with Crippen molar-refractivity contribution in [2.24, 2.45) is 0 Å². The van der Waals surface area contributed by atoms with E-state index in [1.807, 2.05) is 0 Å². The van der Waals surface area contributed by atoms with Crippen molar-refractivity contribution >= 4 is 12.0 Å². The molecule has 0 aliphatic carbocycles. The average Bonchev–Trinajstić information content (AvgIpc) is 2.48. The molecule has 0 fully saturated rings. The number of carbonyl (C=O) groups excluding carboxylic acids is 2. The van der Waals surface area contributed by atoms with Gasteiger partial charge >= 0.3 is 12.3 Å². The van der Waals surface area contributed by atoms with Crippen molar-refractivity contribution in [3.63, 3.8) is 0 Å². The van der Waals surface area contributed by atoms with Gasteiger partial charge < -0.3 is 15.4 Å². The van der Waals surface area contributed by atoms with Gasteiger partial charge in [0.2, 0.25) is 5.91 Å². The Kier molecular flexibility index (Phi) is 6.84. The summed E-state index contributed by atoms with van der Waals surface area (Å²) in [6.07, 6.45) is -5.05. The molecule has 0 aromatic heterocycles. The number of rotatable bonds is 5. The molecular formula is C17H23F3N2O3. The Morgan fingerprint density at radius 2 is 1.84 bits per heavy atom. The van der Waals surface area contributed by atoms with Crippen LogP contribution in [0.3, 0.4) is 0 Å². The Labute approximate surface area is 144 Å². The summed E-state index contributed by atoms with van der Waals surface area (Å²) in [5.74, 6) is -0.275. The van der Waals surface area contributed by atoms with E-state index < -0.39 is 29.5 Å². The van der Waals surface area contributed by atoms with Crippen LogP contribution in [0, 0.1) is 0 Å². The fourth-order valence-electron chi connectivity index (χ4n) is 1.97. The number of amides is 2. The predicted octanol–water partition coefficient (Wildman–Crippen LogP) is 3.80. The molecule has 1 rings (SSSR count). The third kappa shape index (κ3) is 7.45. The molecule has 5 nitrogen and oxygen atoms in total. The minimum atomic E-state index is -4.50. The molecule has 140 valence electrons. The van der Waals surface area contributed by atoms with Crippen LogP contribution in [0.1, 0.15) is 51.3 Å². The van der Waals surface area contributed by atoms with E-state index >= 15 is 0 Å². The topological polar surface area (TPSA) is 67.4 Å². The van der Waals surface area contributed by atoms with Crippen molar-refractivity contribution in [3.8, 4) is 0 Å². The maximum absolute atomic E-state index is 12.9. The van der Waals surface area contributed by atoms with E-state index in [1.54, 1.807) is 27.7 Å². The second-order valence-electron chi connectivity index (χ2n) is 6.48. The van der Waals surface area contributed by atoms with Gasteiger partial charge in [-0.3, -0.25) is 4.79 Å². The lowest BCUT2D eigenvalue weighted by Crippen LogP contribution is -2.40. The number of nitrogens with one attached hydrogen (secondary N) is 2. The number of ether oxygens (including phenoxy) is 1. The Hall–Kier alpha value is -2.25. The fraction of sp³-hybridized carbons (Fsp3) is 0.529. The Morgan fingerprint density at radius 3 is 2.36 bits per heavy atom. The van der Waals surface area contributed by atoms with Crippen molar-refractivity contribution in [2.75, 3.05) is 6.54 Å². The summed E-state index contributed by atoms with van der Waals surface area (Å²) in [5.41, 5.74) is -1.37. The summed E-state index contributed by atoms with van der Waals surface area (Å²) >= 11 is 0. The summed E-state index contributed by atoms with van der Waals surface area (Å²) < 4.78 is 43.8. The number of benzene rings is 1. The first kappa shape index (κ1) is 20.8. The van der Waals surface area contributed by atoms with Gasteiger partial charge in [-0.2, -0.15) is 13.2 Å². The number of alkyl halides is 3. The van der Waals surface area contributed by atoms with Crippen LogP contribution in [0.4, 0.5) is 18.0 Å². The summed E-state index contributed by atoms with van der Waals surface area (Å²) in [4.78, 5) is 23.4. The third-order valence-electron chi connectivity index (χ3n) is 3.13. The van der Waals surface area contributed by atoms with Gasteiger partial charge in [0, 0.05) is 13.0 Å². The maximum atomic E-state index is 12.9. The van der Waals surface area contributed by atoms with Gasteiger partial charge in [-0.15, -0.1) is 0 Å². The lowest BCUT2D eigenvalue weighted by atomic mass is 10.0. The van der Waals surface area contributed by atoms with E-state index in [9.17, 15) is 22.8 Å². The quantitative estimate of drug-likeness (QED) is 0.839. The first-order chi connectivity index (χ1) is 11.4. The van der Waals surface area contributed by atoms with Gasteiger partial charge in [0.15, 0.2) is 0 Å². The van der Waals surface area contributed by atoms with E-state index in [4.69, 9.17) is 4.74 Å². The van der Waals surface area contributed by atoms with Gasteiger partial charge in [0.05, 0.1) is 11.6 Å². The van der Waals surface area contributed by atoms with Gasteiger partial charge in [0.1, 0.15) is 5.60 Å². The second-order valence-corrected chi connectivity index (χ2v) is 6.48. The molecule has 2 N–H and O–H groups in total. The molecule has 8 heteroatoms. The molecule has 1 aromatic rings. The summed E-state index contributed by atoms with van der Waals surface area (Å²) in [7, 11) is 0. The highest BCUT2D eigenvalue weighted by Crippen LogP contribution is 2.30. The molecule has 0 heterocycles. The fourth-order valence-corrected chi connectivity index (χ4v) is 1.97. The van der Waals surface area contributed by atoms with Crippen LogP contribution < -0.4 is 10.6 Å². The highest BCUT2D eigenvalue weighted by Gasteiger charge is 2.31. The van der Waals surface area contributed by atoms with Crippen LogP contribution in [0.15, 0.2) is 24.3 Å². The van der Waals surface area contributed by atoms with Crippen LogP contribution in [-0.4, -0.2) is 24.1 Å². The van der Waals surface area contributed by atoms with Gasteiger partial charge in [-0.25, -0.2) is 4.79 Å². The average molecular weight is 360 g/mol. The van der Waals surface area contributed by atoms with Crippen molar-refractivity contribution in [2.45, 2.75) is 51.9 Å². The van der Waals surface area contributed by atoms with E-state index in [0.29, 0.717) is 0 Å². The maximum Gasteiger partial charge on any atom is 0.416 e. The van der Waals surface area contributed by atoms with E-state index in [1.165, 1.54) is 12.1 Å². The molecule has 0 aliphatic heterocycles. The van der Waals surface area contributed by atoms with Crippen LogP contribution in [0.2, 0.25) is 0 Å². The minimum absolute atomic E-state index is 0.0484. The highest BCUT2D eigenvalue weighted by molar-refractivity contribution is 5.75. The van der Waals surface area contributed by atoms with Crippen LogP contribution in [-0.2, 0) is 15.7 Å². The lowest BCUT2D eigenvalue weighted by Gasteiger charge is -2.24. The van der Waals surface area contributed by atoms with Gasteiger partial charge in [-0.05, 0) is 38.5 Å². The number of hydrogen-bond acceptors (Lipinski definition) is 3. The molecule has 0 spiro atoms. The number of carbonyl (C=O) groups is 2. The van der Waals surface area contributed by atoms with Crippen LogP contribution in [0.5, 0.6) is 0 Å². The molecule has 0 bridgehead atoms. The standard InChI is InChI=1S/C17H23F3N2O3/c1-5-14(23)21-10-13(22-15(24)25-16(2,3)4)11-7-6-8-12(9-11)17(18,19)20/h6-9,13H,5,10H2,1-4H3,(H,21,23)(H,22,24). The van der Waals surface area contributed by atoms with Gasteiger partial charge in [0.25, 0.3) is 0 Å².